The number of hydrogen-bond donors (Lipinski definition) is 0. The van der Waals surface area contributed by atoms with E-state index in [2.05, 4.69) is 0 Å². The summed E-state index contributed by atoms with van der Waals surface area (Å²) in [6.45, 7) is 0.204. The maximum atomic E-state index is 13.0. The van der Waals surface area contributed by atoms with Crippen molar-refractivity contribution >= 4 is 9.84 Å². The fourth-order valence-electron chi connectivity index (χ4n) is 1.57. The molecule has 19 heavy (non-hydrogen) atoms. The minimum absolute atomic E-state index is 0.0689. The van der Waals surface area contributed by atoms with Crippen LogP contribution in [-0.2, 0) is 21.2 Å². The lowest BCUT2D eigenvalue weighted by molar-refractivity contribution is 0.163. The van der Waals surface area contributed by atoms with E-state index in [0.717, 1.165) is 11.6 Å². The normalized spacial score (nSPS) is 11.4. The number of benzene rings is 2. The van der Waals surface area contributed by atoms with Crippen LogP contribution in [0.25, 0.3) is 0 Å². The van der Waals surface area contributed by atoms with Crippen LogP contribution in [0, 0.1) is 5.82 Å². The van der Waals surface area contributed by atoms with Gasteiger partial charge >= 0.3 is 0 Å². The predicted molar refractivity (Wildman–Crippen MR) is 69.7 cm³/mol. The smallest absolute Gasteiger partial charge is 0.202 e. The van der Waals surface area contributed by atoms with Crippen molar-refractivity contribution in [1.82, 2.24) is 0 Å². The summed E-state index contributed by atoms with van der Waals surface area (Å²) in [7, 11) is -3.62. The minimum Gasteiger partial charge on any atom is -0.360 e. The van der Waals surface area contributed by atoms with Crippen LogP contribution in [0.2, 0.25) is 0 Å². The molecule has 0 saturated heterocycles. The average molecular weight is 280 g/mol. The summed E-state index contributed by atoms with van der Waals surface area (Å²) in [4.78, 5) is -0.0689. The van der Waals surface area contributed by atoms with Gasteiger partial charge in [0.25, 0.3) is 0 Å². The molecular formula is C14H13FO3S. The van der Waals surface area contributed by atoms with Gasteiger partial charge in [-0.2, -0.15) is 0 Å². The number of hydrogen-bond acceptors (Lipinski definition) is 3. The SMILES string of the molecule is O=S(=O)(COCc1ccccc1)c1cccc(F)c1. The molecule has 2 aromatic rings. The molecule has 0 spiro atoms. The predicted octanol–water partition coefficient (Wildman–Crippen LogP) is 2.77. The van der Waals surface area contributed by atoms with Crippen molar-refractivity contribution in [3.8, 4) is 0 Å². The third-order valence-electron chi connectivity index (χ3n) is 2.51. The summed E-state index contributed by atoms with van der Waals surface area (Å²) in [5.74, 6) is -1.05. The highest BCUT2D eigenvalue weighted by molar-refractivity contribution is 7.91. The first-order valence-corrected chi connectivity index (χ1v) is 7.33. The Morgan fingerprint density at radius 1 is 1.00 bits per heavy atom. The van der Waals surface area contributed by atoms with Crippen molar-refractivity contribution in [2.45, 2.75) is 11.5 Å². The topological polar surface area (TPSA) is 43.4 Å². The second-order valence-corrected chi connectivity index (χ2v) is 5.96. The molecule has 100 valence electrons. The van der Waals surface area contributed by atoms with Crippen molar-refractivity contribution < 1.29 is 17.5 Å². The molecule has 0 saturated carbocycles. The molecule has 0 bridgehead atoms. The van der Waals surface area contributed by atoms with E-state index in [1.165, 1.54) is 18.2 Å². The Bertz CT molecular complexity index is 639. The van der Waals surface area contributed by atoms with Crippen molar-refractivity contribution in [3.05, 3.63) is 66.0 Å². The minimum atomic E-state index is -3.62. The van der Waals surface area contributed by atoms with Crippen LogP contribution < -0.4 is 0 Å². The number of rotatable bonds is 5. The Labute approximate surface area is 111 Å². The average Bonchev–Trinajstić information content (AvgIpc) is 2.40. The molecule has 0 aliphatic carbocycles. The molecule has 2 rings (SSSR count). The van der Waals surface area contributed by atoms with Crippen LogP contribution in [-0.4, -0.2) is 14.4 Å². The van der Waals surface area contributed by atoms with Gasteiger partial charge < -0.3 is 4.74 Å². The molecule has 5 heteroatoms. The van der Waals surface area contributed by atoms with Gasteiger partial charge in [-0.3, -0.25) is 0 Å². The highest BCUT2D eigenvalue weighted by Crippen LogP contribution is 2.13. The van der Waals surface area contributed by atoms with E-state index < -0.39 is 21.6 Å². The Hall–Kier alpha value is -1.72. The number of ether oxygens (including phenoxy) is 1. The largest absolute Gasteiger partial charge is 0.360 e. The van der Waals surface area contributed by atoms with Crippen LogP contribution in [0.3, 0.4) is 0 Å². The molecule has 0 radical (unpaired) electrons. The maximum Gasteiger partial charge on any atom is 0.202 e. The van der Waals surface area contributed by atoms with Crippen LogP contribution in [0.5, 0.6) is 0 Å². The number of halogens is 1. The molecule has 0 fully saturated rings. The highest BCUT2D eigenvalue weighted by Gasteiger charge is 2.15. The lowest BCUT2D eigenvalue weighted by atomic mass is 10.2. The Morgan fingerprint density at radius 3 is 2.42 bits per heavy atom. The maximum absolute atomic E-state index is 13.0. The van der Waals surface area contributed by atoms with Crippen LogP contribution in [0.15, 0.2) is 59.5 Å². The Morgan fingerprint density at radius 2 is 1.74 bits per heavy atom. The van der Waals surface area contributed by atoms with Crippen molar-refractivity contribution in [2.24, 2.45) is 0 Å². The fourth-order valence-corrected chi connectivity index (χ4v) is 2.59. The molecule has 0 aliphatic heterocycles. The molecule has 0 aromatic heterocycles. The van der Waals surface area contributed by atoms with Gasteiger partial charge in [0, 0.05) is 0 Å². The quantitative estimate of drug-likeness (QED) is 0.846. The molecular weight excluding hydrogens is 267 g/mol. The monoisotopic (exact) mass is 280 g/mol. The Balaban J connectivity index is 1.99. The first-order chi connectivity index (χ1) is 9.08. The standard InChI is InChI=1S/C14H13FO3S/c15-13-7-4-8-14(9-13)19(16,17)11-18-10-12-5-2-1-3-6-12/h1-9H,10-11H2. The molecule has 0 unspecified atom stereocenters. The summed E-state index contributed by atoms with van der Waals surface area (Å²) in [6.07, 6.45) is 0. The molecule has 2 aromatic carbocycles. The van der Waals surface area contributed by atoms with E-state index in [1.54, 1.807) is 0 Å². The van der Waals surface area contributed by atoms with E-state index in [-0.39, 0.29) is 11.5 Å². The third-order valence-corrected chi connectivity index (χ3v) is 3.95. The molecule has 0 N–H and O–H groups in total. The molecule has 0 atom stereocenters. The third kappa shape index (κ3) is 3.87. The van der Waals surface area contributed by atoms with Crippen LogP contribution in [0.1, 0.15) is 5.56 Å². The first kappa shape index (κ1) is 13.7. The van der Waals surface area contributed by atoms with Crippen LogP contribution >= 0.6 is 0 Å². The molecule has 0 heterocycles. The molecule has 3 nitrogen and oxygen atoms in total. The van der Waals surface area contributed by atoms with Crippen LogP contribution in [0.4, 0.5) is 4.39 Å². The summed E-state index contributed by atoms with van der Waals surface area (Å²) >= 11 is 0. The zero-order valence-corrected chi connectivity index (χ0v) is 10.9. The Kier molecular flexibility index (Phi) is 4.29. The van der Waals surface area contributed by atoms with Crippen molar-refractivity contribution in [2.75, 3.05) is 5.94 Å². The summed E-state index contributed by atoms with van der Waals surface area (Å²) in [6, 6.07) is 14.1. The van der Waals surface area contributed by atoms with E-state index in [1.807, 2.05) is 30.3 Å². The van der Waals surface area contributed by atoms with Gasteiger partial charge in [-0.15, -0.1) is 0 Å². The fraction of sp³-hybridized carbons (Fsp3) is 0.143. The van der Waals surface area contributed by atoms with Gasteiger partial charge in [0.05, 0.1) is 11.5 Å². The van der Waals surface area contributed by atoms with E-state index in [9.17, 15) is 12.8 Å². The van der Waals surface area contributed by atoms with Gasteiger partial charge in [0.15, 0.2) is 5.94 Å². The molecule has 0 aliphatic rings. The van der Waals surface area contributed by atoms with E-state index in [0.29, 0.717) is 0 Å². The summed E-state index contributed by atoms with van der Waals surface area (Å²) < 4.78 is 41.9. The second-order valence-electron chi connectivity index (χ2n) is 4.02. The van der Waals surface area contributed by atoms with Gasteiger partial charge in [-0.05, 0) is 23.8 Å². The summed E-state index contributed by atoms with van der Waals surface area (Å²) in [5, 5.41) is 0. The van der Waals surface area contributed by atoms with Crippen molar-refractivity contribution in [1.29, 1.82) is 0 Å². The summed E-state index contributed by atoms with van der Waals surface area (Å²) in [5.41, 5.74) is 0.886. The zero-order valence-electron chi connectivity index (χ0n) is 10.1. The zero-order chi connectivity index (χ0) is 13.7. The first-order valence-electron chi connectivity index (χ1n) is 5.68. The second kappa shape index (κ2) is 5.95. The van der Waals surface area contributed by atoms with E-state index in [4.69, 9.17) is 4.74 Å². The van der Waals surface area contributed by atoms with Gasteiger partial charge in [0.1, 0.15) is 5.82 Å². The van der Waals surface area contributed by atoms with E-state index >= 15 is 0 Å². The van der Waals surface area contributed by atoms with Gasteiger partial charge in [-0.1, -0.05) is 36.4 Å². The van der Waals surface area contributed by atoms with Gasteiger partial charge in [-0.25, -0.2) is 12.8 Å². The number of sulfone groups is 1. The highest BCUT2D eigenvalue weighted by atomic mass is 32.2. The molecule has 0 amide bonds. The van der Waals surface area contributed by atoms with Gasteiger partial charge in [0.2, 0.25) is 9.84 Å². The lowest BCUT2D eigenvalue weighted by Gasteiger charge is -2.06. The lowest BCUT2D eigenvalue weighted by Crippen LogP contribution is -2.10. The van der Waals surface area contributed by atoms with Crippen molar-refractivity contribution in [3.63, 3.8) is 0 Å².